The van der Waals surface area contributed by atoms with Crippen molar-refractivity contribution >= 4 is 43.5 Å². The number of aryl methyl sites for hydroxylation is 1. The molecule has 1 fully saturated rings. The minimum atomic E-state index is 0.806. The highest BCUT2D eigenvalue weighted by atomic mass is 79.9. The molecule has 0 saturated carbocycles. The molecule has 1 aliphatic heterocycles. The van der Waals surface area contributed by atoms with Crippen LogP contribution in [-0.4, -0.2) is 35.7 Å². The third-order valence-corrected chi connectivity index (χ3v) is 5.74. The molecule has 0 aromatic carbocycles. The van der Waals surface area contributed by atoms with E-state index in [0.717, 1.165) is 48.6 Å². The minimum Gasteiger partial charge on any atom is -0.378 e. The largest absolute Gasteiger partial charge is 0.378 e. The van der Waals surface area contributed by atoms with E-state index in [1.165, 1.54) is 46.7 Å². The number of hydrogen-bond acceptors (Lipinski definition) is 5. The molecular formula is C14H16BrN3OS. The number of ether oxygens (including phenoxy) is 1. The molecule has 3 heterocycles. The third kappa shape index (κ3) is 2.05. The lowest BCUT2D eigenvalue weighted by Crippen LogP contribution is -2.37. The van der Waals surface area contributed by atoms with Gasteiger partial charge in [0.1, 0.15) is 15.3 Å². The summed E-state index contributed by atoms with van der Waals surface area (Å²) in [6.45, 7) is 3.51. The van der Waals surface area contributed by atoms with Crippen LogP contribution < -0.4 is 4.90 Å². The highest BCUT2D eigenvalue weighted by Crippen LogP contribution is 2.38. The van der Waals surface area contributed by atoms with Crippen LogP contribution in [0, 0.1) is 0 Å². The minimum absolute atomic E-state index is 0.806. The third-order valence-electron chi connectivity index (χ3n) is 4.19. The van der Waals surface area contributed by atoms with Crippen LogP contribution in [0.5, 0.6) is 0 Å². The van der Waals surface area contributed by atoms with Gasteiger partial charge < -0.3 is 9.64 Å². The van der Waals surface area contributed by atoms with Gasteiger partial charge in [-0.25, -0.2) is 4.98 Å². The van der Waals surface area contributed by atoms with Crippen LogP contribution >= 0.6 is 27.5 Å². The zero-order chi connectivity index (χ0) is 13.5. The van der Waals surface area contributed by atoms with Crippen molar-refractivity contribution in [3.05, 3.63) is 15.7 Å². The lowest BCUT2D eigenvalue weighted by Gasteiger charge is -2.31. The number of hydrogen-bond donors (Lipinski definition) is 0. The molecular weight excluding hydrogens is 338 g/mol. The first-order valence-corrected chi connectivity index (χ1v) is 8.70. The van der Waals surface area contributed by atoms with E-state index in [4.69, 9.17) is 9.72 Å². The summed E-state index contributed by atoms with van der Waals surface area (Å²) < 4.78 is 10.9. The van der Waals surface area contributed by atoms with E-state index in [-0.39, 0.29) is 0 Å². The fraction of sp³-hybridized carbons (Fsp3) is 0.571. The monoisotopic (exact) mass is 353 g/mol. The second-order valence-electron chi connectivity index (χ2n) is 5.35. The zero-order valence-electron chi connectivity index (χ0n) is 11.2. The molecule has 1 aliphatic carbocycles. The Hall–Kier alpha value is -0.720. The van der Waals surface area contributed by atoms with Gasteiger partial charge in [-0.1, -0.05) is 0 Å². The molecule has 2 aliphatic rings. The predicted octanol–water partition coefficient (Wildman–Crippen LogP) is 3.17. The van der Waals surface area contributed by atoms with Gasteiger partial charge in [0.15, 0.2) is 0 Å². The smallest absolute Gasteiger partial charge is 0.147 e. The number of fused-ring (bicyclic) bond motifs is 3. The first kappa shape index (κ1) is 13.0. The SMILES string of the molecule is Brc1nsc2nc(N3CCOCC3)c3c(c12)CCCC3. The Morgan fingerprint density at radius 1 is 1.10 bits per heavy atom. The van der Waals surface area contributed by atoms with Crippen molar-refractivity contribution in [1.82, 2.24) is 9.36 Å². The Labute approximate surface area is 130 Å². The van der Waals surface area contributed by atoms with Crippen LogP contribution in [-0.2, 0) is 17.6 Å². The van der Waals surface area contributed by atoms with Crippen LogP contribution in [0.2, 0.25) is 0 Å². The van der Waals surface area contributed by atoms with Crippen molar-refractivity contribution < 1.29 is 4.74 Å². The summed E-state index contributed by atoms with van der Waals surface area (Å²) >= 11 is 5.09. The van der Waals surface area contributed by atoms with Crippen LogP contribution in [0.25, 0.3) is 10.2 Å². The normalized spacial score (nSPS) is 19.4. The number of rotatable bonds is 1. The number of halogens is 1. The first-order valence-electron chi connectivity index (χ1n) is 7.14. The molecule has 2 aromatic heterocycles. The maximum absolute atomic E-state index is 5.47. The molecule has 106 valence electrons. The van der Waals surface area contributed by atoms with Crippen LogP contribution in [0.4, 0.5) is 5.82 Å². The van der Waals surface area contributed by atoms with Crippen molar-refractivity contribution in [2.75, 3.05) is 31.2 Å². The topological polar surface area (TPSA) is 38.2 Å². The summed E-state index contributed by atoms with van der Waals surface area (Å²) in [4.78, 5) is 8.39. The van der Waals surface area contributed by atoms with E-state index in [1.54, 1.807) is 0 Å². The molecule has 0 N–H and O–H groups in total. The quantitative estimate of drug-likeness (QED) is 0.789. The maximum Gasteiger partial charge on any atom is 0.147 e. The molecule has 1 saturated heterocycles. The Morgan fingerprint density at radius 3 is 2.65 bits per heavy atom. The first-order chi connectivity index (χ1) is 9.84. The maximum atomic E-state index is 5.47. The van der Waals surface area contributed by atoms with E-state index in [2.05, 4.69) is 25.2 Å². The predicted molar refractivity (Wildman–Crippen MR) is 84.8 cm³/mol. The molecule has 0 spiro atoms. The Bertz CT molecular complexity index is 651. The van der Waals surface area contributed by atoms with E-state index < -0.39 is 0 Å². The summed E-state index contributed by atoms with van der Waals surface area (Å²) in [6.07, 6.45) is 4.85. The zero-order valence-corrected chi connectivity index (χ0v) is 13.6. The van der Waals surface area contributed by atoms with E-state index in [9.17, 15) is 0 Å². The Morgan fingerprint density at radius 2 is 1.85 bits per heavy atom. The summed E-state index contributed by atoms with van der Waals surface area (Å²) in [5.74, 6) is 1.19. The van der Waals surface area contributed by atoms with Crippen molar-refractivity contribution in [1.29, 1.82) is 0 Å². The Balaban J connectivity index is 1.91. The fourth-order valence-corrected chi connectivity index (χ4v) is 4.69. The van der Waals surface area contributed by atoms with Gasteiger partial charge in [-0.3, -0.25) is 0 Å². The van der Waals surface area contributed by atoms with Gasteiger partial charge in [0.25, 0.3) is 0 Å². The lowest BCUT2D eigenvalue weighted by molar-refractivity contribution is 0.122. The molecule has 0 radical (unpaired) electrons. The van der Waals surface area contributed by atoms with Crippen molar-refractivity contribution in [2.24, 2.45) is 0 Å². The van der Waals surface area contributed by atoms with Crippen LogP contribution in [0.3, 0.4) is 0 Å². The lowest BCUT2D eigenvalue weighted by atomic mass is 9.90. The molecule has 0 unspecified atom stereocenters. The highest BCUT2D eigenvalue weighted by Gasteiger charge is 2.25. The molecule has 4 rings (SSSR count). The van der Waals surface area contributed by atoms with Gasteiger partial charge >= 0.3 is 0 Å². The summed E-state index contributed by atoms with van der Waals surface area (Å²) in [5.41, 5.74) is 2.93. The van der Waals surface area contributed by atoms with Gasteiger partial charge in [0.2, 0.25) is 0 Å². The summed E-state index contributed by atoms with van der Waals surface area (Å²) in [6, 6.07) is 0. The average Bonchev–Trinajstić information content (AvgIpc) is 2.89. The van der Waals surface area contributed by atoms with Gasteiger partial charge in [-0.05, 0) is 64.3 Å². The van der Waals surface area contributed by atoms with E-state index in [1.807, 2.05) is 0 Å². The molecule has 6 heteroatoms. The van der Waals surface area contributed by atoms with Crippen molar-refractivity contribution in [2.45, 2.75) is 25.7 Å². The van der Waals surface area contributed by atoms with Gasteiger partial charge in [-0.2, -0.15) is 4.37 Å². The number of morpholine rings is 1. The molecule has 20 heavy (non-hydrogen) atoms. The standard InChI is InChI=1S/C14H16BrN3OS/c15-12-11-9-3-1-2-4-10(9)13(16-14(11)20-17-12)18-5-7-19-8-6-18/h1-8H2. The second-order valence-corrected chi connectivity index (χ2v) is 6.86. The molecule has 2 aromatic rings. The number of nitrogens with zero attached hydrogens (tertiary/aromatic N) is 3. The molecule has 0 bridgehead atoms. The van der Waals surface area contributed by atoms with Gasteiger partial charge in [0.05, 0.1) is 13.2 Å². The van der Waals surface area contributed by atoms with Crippen LogP contribution in [0.15, 0.2) is 4.60 Å². The van der Waals surface area contributed by atoms with E-state index >= 15 is 0 Å². The van der Waals surface area contributed by atoms with Gasteiger partial charge in [0, 0.05) is 18.5 Å². The fourth-order valence-electron chi connectivity index (χ4n) is 3.22. The van der Waals surface area contributed by atoms with E-state index in [0.29, 0.717) is 0 Å². The summed E-state index contributed by atoms with van der Waals surface area (Å²) in [7, 11) is 0. The van der Waals surface area contributed by atoms with Crippen molar-refractivity contribution in [3.8, 4) is 0 Å². The highest BCUT2D eigenvalue weighted by molar-refractivity contribution is 9.10. The second kappa shape index (κ2) is 5.24. The van der Waals surface area contributed by atoms with Crippen LogP contribution in [0.1, 0.15) is 24.0 Å². The van der Waals surface area contributed by atoms with Gasteiger partial charge in [-0.15, -0.1) is 0 Å². The average molecular weight is 354 g/mol. The van der Waals surface area contributed by atoms with Crippen molar-refractivity contribution in [3.63, 3.8) is 0 Å². The molecule has 4 nitrogen and oxygen atoms in total. The Kier molecular flexibility index (Phi) is 3.40. The number of pyridine rings is 1. The number of aromatic nitrogens is 2. The number of anilines is 1. The molecule has 0 atom stereocenters. The summed E-state index contributed by atoms with van der Waals surface area (Å²) in [5, 5.41) is 1.25. The molecule has 0 amide bonds.